The minimum atomic E-state index is -0.690. The first-order valence-corrected chi connectivity index (χ1v) is 8.93. The first kappa shape index (κ1) is 17.6. The van der Waals surface area contributed by atoms with Crippen LogP contribution in [-0.4, -0.2) is 33.1 Å². The molecule has 28 heavy (non-hydrogen) atoms. The van der Waals surface area contributed by atoms with E-state index in [2.05, 4.69) is 21.1 Å². The van der Waals surface area contributed by atoms with Crippen LogP contribution in [0, 0.1) is 17.2 Å². The molecule has 1 aromatic heterocycles. The van der Waals surface area contributed by atoms with Crippen LogP contribution in [-0.2, 0) is 9.53 Å². The Morgan fingerprint density at radius 1 is 1.18 bits per heavy atom. The van der Waals surface area contributed by atoms with Gasteiger partial charge in [0.1, 0.15) is 12.2 Å². The molecule has 0 radical (unpaired) electrons. The molecule has 1 aliphatic rings. The molecular weight excluding hydrogens is 354 g/mol. The molecular formula is C21H17N5O2. The van der Waals surface area contributed by atoms with Crippen molar-refractivity contribution in [2.75, 3.05) is 6.61 Å². The van der Waals surface area contributed by atoms with E-state index in [0.29, 0.717) is 17.2 Å². The highest BCUT2D eigenvalue weighted by Gasteiger charge is 2.41. The molecule has 2 unspecified atom stereocenters. The van der Waals surface area contributed by atoms with Crippen molar-refractivity contribution >= 4 is 17.6 Å². The molecule has 7 heteroatoms. The van der Waals surface area contributed by atoms with Gasteiger partial charge in [0.05, 0.1) is 30.0 Å². The molecule has 4 rings (SSSR count). The van der Waals surface area contributed by atoms with E-state index in [4.69, 9.17) is 10.00 Å². The zero-order valence-corrected chi connectivity index (χ0v) is 15.2. The summed E-state index contributed by atoms with van der Waals surface area (Å²) in [4.78, 5) is 21.9. The van der Waals surface area contributed by atoms with Crippen LogP contribution in [0.15, 0.2) is 65.9 Å². The SMILES string of the molecule is CCOC(=O)C1C(c2ccccc2)=Nc2ncnn2C1c1ccc(C#N)cc1. The molecule has 0 bridgehead atoms. The van der Waals surface area contributed by atoms with Gasteiger partial charge in [-0.15, -0.1) is 0 Å². The van der Waals surface area contributed by atoms with Gasteiger partial charge in [-0.1, -0.05) is 42.5 Å². The molecule has 0 saturated heterocycles. The number of esters is 1. The number of ether oxygens (including phenoxy) is 1. The summed E-state index contributed by atoms with van der Waals surface area (Å²) in [6.07, 6.45) is 1.42. The molecule has 138 valence electrons. The van der Waals surface area contributed by atoms with Crippen LogP contribution in [0.25, 0.3) is 0 Å². The fourth-order valence-corrected chi connectivity index (χ4v) is 3.40. The number of aromatic nitrogens is 3. The van der Waals surface area contributed by atoms with Gasteiger partial charge in [-0.25, -0.2) is 9.67 Å². The maximum Gasteiger partial charge on any atom is 0.317 e. The summed E-state index contributed by atoms with van der Waals surface area (Å²) in [6.45, 7) is 2.04. The Labute approximate surface area is 161 Å². The van der Waals surface area contributed by atoms with Crippen molar-refractivity contribution in [2.45, 2.75) is 13.0 Å². The molecule has 2 aromatic carbocycles. The minimum Gasteiger partial charge on any atom is -0.465 e. The molecule has 3 aromatic rings. The monoisotopic (exact) mass is 371 g/mol. The Kier molecular flexibility index (Phi) is 4.68. The van der Waals surface area contributed by atoms with E-state index >= 15 is 0 Å². The van der Waals surface area contributed by atoms with Crippen molar-refractivity contribution in [2.24, 2.45) is 10.9 Å². The highest BCUT2D eigenvalue weighted by molar-refractivity contribution is 6.13. The maximum absolute atomic E-state index is 13.0. The van der Waals surface area contributed by atoms with E-state index in [1.807, 2.05) is 42.5 Å². The average Bonchev–Trinajstić information content (AvgIpc) is 3.21. The lowest BCUT2D eigenvalue weighted by molar-refractivity contribution is -0.146. The normalized spacial score (nSPS) is 17.9. The van der Waals surface area contributed by atoms with Crippen molar-refractivity contribution in [3.05, 3.63) is 77.6 Å². The van der Waals surface area contributed by atoms with Gasteiger partial charge in [0.25, 0.3) is 0 Å². The smallest absolute Gasteiger partial charge is 0.317 e. The van der Waals surface area contributed by atoms with Crippen LogP contribution >= 0.6 is 0 Å². The zero-order valence-electron chi connectivity index (χ0n) is 15.2. The second-order valence-corrected chi connectivity index (χ2v) is 6.28. The molecule has 1 aliphatic heterocycles. The Bertz CT molecular complexity index is 1060. The van der Waals surface area contributed by atoms with Crippen LogP contribution in [0.5, 0.6) is 0 Å². The standard InChI is InChI=1S/C21H17N5O2/c1-2-28-20(27)17-18(15-6-4-3-5-7-15)25-21-23-13-24-26(21)19(17)16-10-8-14(12-22)9-11-16/h3-11,13,17,19H,2H2,1H3. The average molecular weight is 371 g/mol. The van der Waals surface area contributed by atoms with E-state index in [1.165, 1.54) is 6.33 Å². The van der Waals surface area contributed by atoms with E-state index in [1.54, 1.807) is 23.7 Å². The fraction of sp³-hybridized carbons (Fsp3) is 0.190. The summed E-state index contributed by atoms with van der Waals surface area (Å²) >= 11 is 0. The molecule has 7 nitrogen and oxygen atoms in total. The van der Waals surface area contributed by atoms with Gasteiger partial charge >= 0.3 is 5.97 Å². The quantitative estimate of drug-likeness (QED) is 0.657. The number of aliphatic imine (C=N–C) groups is 1. The zero-order chi connectivity index (χ0) is 19.5. The topological polar surface area (TPSA) is 93.2 Å². The van der Waals surface area contributed by atoms with Crippen LogP contribution in [0.3, 0.4) is 0 Å². The minimum absolute atomic E-state index is 0.266. The molecule has 0 aliphatic carbocycles. The summed E-state index contributed by atoms with van der Waals surface area (Å²) in [5.41, 5.74) is 2.79. The number of hydrogen-bond acceptors (Lipinski definition) is 6. The van der Waals surface area contributed by atoms with Gasteiger partial charge in [0.2, 0.25) is 5.95 Å². The third-order valence-corrected chi connectivity index (χ3v) is 4.64. The Balaban J connectivity index is 1.90. The van der Waals surface area contributed by atoms with Crippen molar-refractivity contribution in [3.8, 4) is 6.07 Å². The van der Waals surface area contributed by atoms with Crippen molar-refractivity contribution in [1.82, 2.24) is 14.8 Å². The second-order valence-electron chi connectivity index (χ2n) is 6.28. The first-order chi connectivity index (χ1) is 13.7. The summed E-state index contributed by atoms with van der Waals surface area (Å²) in [7, 11) is 0. The van der Waals surface area contributed by atoms with Gasteiger partial charge < -0.3 is 4.74 Å². The number of nitriles is 1. The molecule has 2 atom stereocenters. The van der Waals surface area contributed by atoms with Gasteiger partial charge in [0.15, 0.2) is 0 Å². The second kappa shape index (κ2) is 7.45. The third kappa shape index (κ3) is 3.05. The van der Waals surface area contributed by atoms with Gasteiger partial charge in [-0.05, 0) is 30.2 Å². The number of nitrogens with zero attached hydrogens (tertiary/aromatic N) is 5. The number of benzene rings is 2. The lowest BCUT2D eigenvalue weighted by atomic mass is 9.84. The number of carbonyl (C=O) groups is 1. The van der Waals surface area contributed by atoms with Crippen LogP contribution in [0.4, 0.5) is 5.95 Å². The Morgan fingerprint density at radius 2 is 1.93 bits per heavy atom. The van der Waals surface area contributed by atoms with Crippen LogP contribution in [0.2, 0.25) is 0 Å². The largest absolute Gasteiger partial charge is 0.465 e. The highest BCUT2D eigenvalue weighted by atomic mass is 16.5. The van der Waals surface area contributed by atoms with Crippen molar-refractivity contribution in [1.29, 1.82) is 5.26 Å². The lowest BCUT2D eigenvalue weighted by Gasteiger charge is -2.31. The Hall–Kier alpha value is -3.79. The number of fused-ring (bicyclic) bond motifs is 1. The fourth-order valence-electron chi connectivity index (χ4n) is 3.40. The van der Waals surface area contributed by atoms with Crippen LogP contribution in [0.1, 0.15) is 29.7 Å². The summed E-state index contributed by atoms with van der Waals surface area (Å²) in [6, 6.07) is 18.3. The number of hydrogen-bond donors (Lipinski definition) is 0. The lowest BCUT2D eigenvalue weighted by Crippen LogP contribution is -2.38. The van der Waals surface area contributed by atoms with Gasteiger partial charge in [-0.2, -0.15) is 15.3 Å². The first-order valence-electron chi connectivity index (χ1n) is 8.93. The maximum atomic E-state index is 13.0. The van der Waals surface area contributed by atoms with E-state index in [-0.39, 0.29) is 12.6 Å². The van der Waals surface area contributed by atoms with Crippen molar-refractivity contribution < 1.29 is 9.53 Å². The van der Waals surface area contributed by atoms with Crippen molar-refractivity contribution in [3.63, 3.8) is 0 Å². The van der Waals surface area contributed by atoms with Gasteiger partial charge in [-0.3, -0.25) is 4.79 Å². The predicted molar refractivity (Wildman–Crippen MR) is 102 cm³/mol. The van der Waals surface area contributed by atoms with Crippen LogP contribution < -0.4 is 0 Å². The molecule has 0 amide bonds. The molecule has 0 spiro atoms. The number of carbonyl (C=O) groups excluding carboxylic acids is 1. The summed E-state index contributed by atoms with van der Waals surface area (Å²) in [5.74, 6) is -0.640. The summed E-state index contributed by atoms with van der Waals surface area (Å²) in [5, 5.41) is 13.4. The summed E-state index contributed by atoms with van der Waals surface area (Å²) < 4.78 is 7.02. The molecule has 0 saturated carbocycles. The molecule has 0 fully saturated rings. The van der Waals surface area contributed by atoms with E-state index in [0.717, 1.165) is 11.1 Å². The number of rotatable bonds is 4. The highest BCUT2D eigenvalue weighted by Crippen LogP contribution is 2.37. The van der Waals surface area contributed by atoms with E-state index < -0.39 is 12.0 Å². The van der Waals surface area contributed by atoms with E-state index in [9.17, 15) is 4.79 Å². The Morgan fingerprint density at radius 3 is 2.61 bits per heavy atom. The molecule has 0 N–H and O–H groups in total. The third-order valence-electron chi connectivity index (χ3n) is 4.64. The van der Waals surface area contributed by atoms with Gasteiger partial charge in [0, 0.05) is 0 Å². The predicted octanol–water partition coefficient (Wildman–Crippen LogP) is 3.05. The molecule has 2 heterocycles.